The fraction of sp³-hybridized carbons (Fsp3) is 0.222. The van der Waals surface area contributed by atoms with Gasteiger partial charge in [0.1, 0.15) is 0 Å². The van der Waals surface area contributed by atoms with E-state index >= 15 is 0 Å². The van der Waals surface area contributed by atoms with E-state index in [9.17, 15) is 4.79 Å². The molecule has 1 fully saturated rings. The van der Waals surface area contributed by atoms with Crippen molar-refractivity contribution >= 4 is 40.5 Å². The zero-order valence-corrected chi connectivity index (χ0v) is 14.7. The van der Waals surface area contributed by atoms with Crippen LogP contribution < -0.4 is 5.32 Å². The molecule has 1 saturated heterocycles. The van der Waals surface area contributed by atoms with Gasteiger partial charge in [-0.1, -0.05) is 35.9 Å². The first kappa shape index (κ1) is 16.7. The summed E-state index contributed by atoms with van der Waals surface area (Å²) in [5.41, 5.74) is 1.60. The normalized spacial score (nSPS) is 14.4. The van der Waals surface area contributed by atoms with E-state index in [1.807, 2.05) is 59.5 Å². The number of nitrogens with zero attached hydrogens (tertiary/aromatic N) is 2. The number of amides is 1. The van der Waals surface area contributed by atoms with Gasteiger partial charge in [-0.2, -0.15) is 0 Å². The smallest absolute Gasteiger partial charge is 0.253 e. The molecule has 124 valence electrons. The summed E-state index contributed by atoms with van der Waals surface area (Å²) in [5.74, 6) is 0.0731. The van der Waals surface area contributed by atoms with Gasteiger partial charge in [0.05, 0.1) is 0 Å². The molecule has 1 aliphatic heterocycles. The molecular formula is C18H18ClN3OS. The number of hydrogen-bond acceptors (Lipinski definition) is 2. The fourth-order valence-electron chi connectivity index (χ4n) is 2.64. The van der Waals surface area contributed by atoms with Gasteiger partial charge in [-0.15, -0.1) is 0 Å². The molecule has 2 aromatic carbocycles. The van der Waals surface area contributed by atoms with Gasteiger partial charge in [0.15, 0.2) is 5.11 Å². The van der Waals surface area contributed by atoms with Crippen LogP contribution in [0, 0.1) is 0 Å². The minimum Gasteiger partial charge on any atom is -0.345 e. The first-order valence-corrected chi connectivity index (χ1v) is 8.58. The van der Waals surface area contributed by atoms with E-state index in [1.165, 1.54) is 0 Å². The Morgan fingerprint density at radius 3 is 2.29 bits per heavy atom. The molecule has 3 rings (SSSR count). The minimum absolute atomic E-state index is 0.0731. The molecule has 1 aliphatic rings. The first-order valence-electron chi connectivity index (χ1n) is 7.79. The topological polar surface area (TPSA) is 35.6 Å². The SMILES string of the molecule is O=C(c1ccccc1)N1CCN(C(=S)Nc2cccc(Cl)c2)CC1. The average Bonchev–Trinajstić information content (AvgIpc) is 2.62. The fourth-order valence-corrected chi connectivity index (χ4v) is 3.14. The summed E-state index contributed by atoms with van der Waals surface area (Å²) in [4.78, 5) is 16.4. The van der Waals surface area contributed by atoms with Crippen LogP contribution in [-0.4, -0.2) is 47.0 Å². The summed E-state index contributed by atoms with van der Waals surface area (Å²) in [6, 6.07) is 16.8. The van der Waals surface area contributed by atoms with Gasteiger partial charge < -0.3 is 15.1 Å². The molecule has 1 heterocycles. The van der Waals surface area contributed by atoms with Crippen molar-refractivity contribution < 1.29 is 4.79 Å². The molecule has 1 N–H and O–H groups in total. The predicted octanol–water partition coefficient (Wildman–Crippen LogP) is 3.49. The molecule has 0 bridgehead atoms. The van der Waals surface area contributed by atoms with Crippen LogP contribution in [0.5, 0.6) is 0 Å². The summed E-state index contributed by atoms with van der Waals surface area (Å²) in [6.45, 7) is 2.74. The number of benzene rings is 2. The Labute approximate surface area is 152 Å². The van der Waals surface area contributed by atoms with Gasteiger partial charge >= 0.3 is 0 Å². The molecule has 0 atom stereocenters. The molecule has 0 radical (unpaired) electrons. The monoisotopic (exact) mass is 359 g/mol. The molecule has 0 aromatic heterocycles. The number of anilines is 1. The van der Waals surface area contributed by atoms with E-state index in [1.54, 1.807) is 0 Å². The average molecular weight is 360 g/mol. The summed E-state index contributed by atoms with van der Waals surface area (Å²) >= 11 is 11.5. The highest BCUT2D eigenvalue weighted by molar-refractivity contribution is 7.80. The summed E-state index contributed by atoms with van der Waals surface area (Å²) < 4.78 is 0. The van der Waals surface area contributed by atoms with Crippen molar-refractivity contribution in [3.05, 3.63) is 65.2 Å². The van der Waals surface area contributed by atoms with Crippen LogP contribution in [-0.2, 0) is 0 Å². The van der Waals surface area contributed by atoms with Gasteiger partial charge in [-0.3, -0.25) is 4.79 Å². The molecule has 0 unspecified atom stereocenters. The zero-order valence-electron chi connectivity index (χ0n) is 13.1. The second kappa shape index (κ2) is 7.64. The standard InChI is InChI=1S/C18H18ClN3OS/c19-15-7-4-8-16(13-15)20-18(24)22-11-9-21(10-12-22)17(23)14-5-2-1-3-6-14/h1-8,13H,9-12H2,(H,20,24). The predicted molar refractivity (Wildman–Crippen MR) is 102 cm³/mol. The van der Waals surface area contributed by atoms with E-state index in [0.717, 1.165) is 11.3 Å². The van der Waals surface area contributed by atoms with Crippen molar-refractivity contribution in [1.82, 2.24) is 9.80 Å². The maximum atomic E-state index is 12.4. The van der Waals surface area contributed by atoms with Gasteiger partial charge in [0.25, 0.3) is 5.91 Å². The minimum atomic E-state index is 0.0731. The number of thiocarbonyl (C=S) groups is 1. The number of rotatable bonds is 2. The van der Waals surface area contributed by atoms with Gasteiger partial charge in [0, 0.05) is 42.5 Å². The van der Waals surface area contributed by atoms with Crippen LogP contribution in [0.4, 0.5) is 5.69 Å². The van der Waals surface area contributed by atoms with Gasteiger partial charge in [0.2, 0.25) is 0 Å². The Kier molecular flexibility index (Phi) is 5.33. The van der Waals surface area contributed by atoms with Crippen molar-refractivity contribution in [3.8, 4) is 0 Å². The van der Waals surface area contributed by atoms with Crippen molar-refractivity contribution in [3.63, 3.8) is 0 Å². The van der Waals surface area contributed by atoms with Crippen molar-refractivity contribution in [2.24, 2.45) is 0 Å². The van der Waals surface area contributed by atoms with Crippen molar-refractivity contribution in [2.45, 2.75) is 0 Å². The number of hydrogen-bond donors (Lipinski definition) is 1. The highest BCUT2D eigenvalue weighted by Gasteiger charge is 2.23. The van der Waals surface area contributed by atoms with Crippen LogP contribution in [0.15, 0.2) is 54.6 Å². The molecular weight excluding hydrogens is 342 g/mol. The lowest BCUT2D eigenvalue weighted by Crippen LogP contribution is -2.51. The summed E-state index contributed by atoms with van der Waals surface area (Å²) in [5, 5.41) is 4.52. The third-order valence-electron chi connectivity index (χ3n) is 3.95. The first-order chi connectivity index (χ1) is 11.6. The molecule has 1 amide bonds. The highest BCUT2D eigenvalue weighted by Crippen LogP contribution is 2.16. The quantitative estimate of drug-likeness (QED) is 0.832. The van der Waals surface area contributed by atoms with E-state index < -0.39 is 0 Å². The van der Waals surface area contributed by atoms with E-state index in [0.29, 0.717) is 36.3 Å². The molecule has 4 nitrogen and oxygen atoms in total. The highest BCUT2D eigenvalue weighted by atomic mass is 35.5. The molecule has 0 saturated carbocycles. The third-order valence-corrected chi connectivity index (χ3v) is 4.55. The lowest BCUT2D eigenvalue weighted by molar-refractivity contribution is 0.0693. The Balaban J connectivity index is 1.55. The molecule has 2 aromatic rings. The number of carbonyl (C=O) groups is 1. The maximum Gasteiger partial charge on any atom is 0.253 e. The van der Waals surface area contributed by atoms with E-state index in [4.69, 9.17) is 23.8 Å². The molecule has 0 spiro atoms. The lowest BCUT2D eigenvalue weighted by Gasteiger charge is -2.36. The van der Waals surface area contributed by atoms with Gasteiger partial charge in [-0.25, -0.2) is 0 Å². The van der Waals surface area contributed by atoms with Crippen LogP contribution in [0.25, 0.3) is 0 Å². The lowest BCUT2D eigenvalue weighted by atomic mass is 10.2. The number of piperazine rings is 1. The second-order valence-corrected chi connectivity index (χ2v) is 6.41. The summed E-state index contributed by atoms with van der Waals surface area (Å²) in [6.07, 6.45) is 0. The second-order valence-electron chi connectivity index (χ2n) is 5.59. The van der Waals surface area contributed by atoms with Crippen LogP contribution in [0.2, 0.25) is 5.02 Å². The Morgan fingerprint density at radius 1 is 0.958 bits per heavy atom. The molecule has 24 heavy (non-hydrogen) atoms. The van der Waals surface area contributed by atoms with Crippen molar-refractivity contribution in [1.29, 1.82) is 0 Å². The van der Waals surface area contributed by atoms with Gasteiger partial charge in [-0.05, 0) is 42.5 Å². The number of nitrogens with one attached hydrogen (secondary N) is 1. The van der Waals surface area contributed by atoms with Crippen LogP contribution >= 0.6 is 23.8 Å². The van der Waals surface area contributed by atoms with E-state index in [2.05, 4.69) is 10.2 Å². The largest absolute Gasteiger partial charge is 0.345 e. The number of carbonyl (C=O) groups excluding carboxylic acids is 1. The summed E-state index contributed by atoms with van der Waals surface area (Å²) in [7, 11) is 0. The third kappa shape index (κ3) is 4.04. The molecule has 0 aliphatic carbocycles. The van der Waals surface area contributed by atoms with E-state index in [-0.39, 0.29) is 5.91 Å². The Hall–Kier alpha value is -2.11. The Bertz CT molecular complexity index is 730. The maximum absolute atomic E-state index is 12.4. The van der Waals surface area contributed by atoms with Crippen LogP contribution in [0.3, 0.4) is 0 Å². The number of halogens is 1. The van der Waals surface area contributed by atoms with Crippen molar-refractivity contribution in [2.75, 3.05) is 31.5 Å². The Morgan fingerprint density at radius 2 is 1.62 bits per heavy atom. The van der Waals surface area contributed by atoms with Crippen LogP contribution in [0.1, 0.15) is 10.4 Å². The molecule has 6 heteroatoms. The zero-order chi connectivity index (χ0) is 16.9.